The van der Waals surface area contributed by atoms with E-state index in [1.54, 1.807) is 0 Å². The third kappa shape index (κ3) is 5.85. The van der Waals surface area contributed by atoms with E-state index in [2.05, 4.69) is 4.74 Å². The van der Waals surface area contributed by atoms with Gasteiger partial charge in [0.25, 0.3) is 0 Å². The molecule has 0 radical (unpaired) electrons. The summed E-state index contributed by atoms with van der Waals surface area (Å²) in [5, 5.41) is 0. The number of rotatable bonds is 2. The average molecular weight is 161 g/mol. The number of ether oxygens (including phenoxy) is 1. The Labute approximate surface area is 68.9 Å². The lowest BCUT2D eigenvalue weighted by Crippen LogP contribution is -2.36. The summed E-state index contributed by atoms with van der Waals surface area (Å²) in [6.07, 6.45) is 0. The number of esters is 1. The predicted molar refractivity (Wildman–Crippen MR) is 46.2 cm³/mol. The van der Waals surface area contributed by atoms with Crippen molar-refractivity contribution >= 4 is 5.97 Å². The first-order valence-corrected chi connectivity index (χ1v) is 3.93. The van der Waals surface area contributed by atoms with E-state index in [1.807, 2.05) is 27.7 Å². The maximum Gasteiger partial charge on any atom is 0.322 e. The minimum Gasteiger partial charge on any atom is -0.468 e. The lowest BCUT2D eigenvalue weighted by atomic mass is 10.1. The van der Waals surface area contributed by atoms with Crippen LogP contribution in [0.2, 0.25) is 0 Å². The van der Waals surface area contributed by atoms with Crippen LogP contribution in [-0.2, 0) is 9.53 Å². The van der Waals surface area contributed by atoms with Gasteiger partial charge in [0.15, 0.2) is 0 Å². The molecule has 0 spiro atoms. The van der Waals surface area contributed by atoms with Gasteiger partial charge in [0.2, 0.25) is 0 Å². The third-order valence-electron chi connectivity index (χ3n) is 1.19. The fraction of sp³-hybridized carbons (Fsp3) is 0.875. The van der Waals surface area contributed by atoms with Gasteiger partial charge in [0.05, 0.1) is 7.11 Å². The molecule has 0 rings (SSSR count). The summed E-state index contributed by atoms with van der Waals surface area (Å²) in [5.74, 6) is -0.192. The first-order valence-electron chi connectivity index (χ1n) is 3.93. The summed E-state index contributed by atoms with van der Waals surface area (Å²) in [6, 6.07) is -0.477. The van der Waals surface area contributed by atoms with E-state index < -0.39 is 6.04 Å². The van der Waals surface area contributed by atoms with E-state index in [9.17, 15) is 4.79 Å². The monoisotopic (exact) mass is 161 g/mol. The van der Waals surface area contributed by atoms with Gasteiger partial charge in [-0.05, 0) is 5.92 Å². The van der Waals surface area contributed by atoms with Crippen LogP contribution in [0.3, 0.4) is 0 Å². The Morgan fingerprint density at radius 3 is 1.82 bits per heavy atom. The number of carbonyl (C=O) groups is 1. The van der Waals surface area contributed by atoms with Crippen molar-refractivity contribution in [2.24, 2.45) is 11.7 Å². The van der Waals surface area contributed by atoms with Crippen LogP contribution in [0.5, 0.6) is 0 Å². The number of methoxy groups -OCH3 is 1. The Hall–Kier alpha value is -0.570. The molecule has 0 saturated heterocycles. The molecule has 0 aliphatic heterocycles. The molecule has 0 amide bonds. The van der Waals surface area contributed by atoms with Crippen molar-refractivity contribution in [3.63, 3.8) is 0 Å². The van der Waals surface area contributed by atoms with E-state index >= 15 is 0 Å². The maximum absolute atomic E-state index is 10.6. The van der Waals surface area contributed by atoms with Gasteiger partial charge in [0.1, 0.15) is 6.04 Å². The van der Waals surface area contributed by atoms with Crippen LogP contribution in [-0.4, -0.2) is 19.1 Å². The molecule has 68 valence electrons. The standard InChI is InChI=1S/C6H13NO2.C2H6/c1-4(2)5(7)6(8)9-3;1-2/h4-5H,7H2,1-3H3;1-2H3. The fourth-order valence-corrected chi connectivity index (χ4v) is 0.408. The Balaban J connectivity index is 0. The van der Waals surface area contributed by atoms with Gasteiger partial charge in [-0.2, -0.15) is 0 Å². The van der Waals surface area contributed by atoms with Crippen molar-refractivity contribution in [3.8, 4) is 0 Å². The van der Waals surface area contributed by atoms with Crippen molar-refractivity contribution in [1.29, 1.82) is 0 Å². The Bertz CT molecular complexity index is 102. The van der Waals surface area contributed by atoms with Gasteiger partial charge in [-0.25, -0.2) is 0 Å². The van der Waals surface area contributed by atoms with Crippen molar-refractivity contribution in [3.05, 3.63) is 0 Å². The summed E-state index contributed by atoms with van der Waals surface area (Å²) in [5.41, 5.74) is 5.40. The average Bonchev–Trinajstić information content (AvgIpc) is 2.05. The second-order valence-corrected chi connectivity index (χ2v) is 2.29. The highest BCUT2D eigenvalue weighted by Gasteiger charge is 2.16. The molecule has 0 saturated carbocycles. The van der Waals surface area contributed by atoms with Crippen LogP contribution in [0.25, 0.3) is 0 Å². The SMILES string of the molecule is CC.COC(=O)C(N)C(C)C. The second-order valence-electron chi connectivity index (χ2n) is 2.29. The van der Waals surface area contributed by atoms with Crippen LogP contribution in [0.4, 0.5) is 0 Å². The van der Waals surface area contributed by atoms with Gasteiger partial charge >= 0.3 is 5.97 Å². The Morgan fingerprint density at radius 1 is 1.36 bits per heavy atom. The van der Waals surface area contributed by atoms with Crippen LogP contribution in [0.1, 0.15) is 27.7 Å². The first kappa shape index (κ1) is 13.1. The number of carbonyl (C=O) groups excluding carboxylic acids is 1. The van der Waals surface area contributed by atoms with E-state index in [-0.39, 0.29) is 11.9 Å². The quantitative estimate of drug-likeness (QED) is 0.618. The van der Waals surface area contributed by atoms with Gasteiger partial charge in [-0.3, -0.25) is 4.79 Å². The molecule has 0 aromatic heterocycles. The molecule has 1 unspecified atom stereocenters. The molecular formula is C8H19NO2. The van der Waals surface area contributed by atoms with Gasteiger partial charge in [-0.15, -0.1) is 0 Å². The van der Waals surface area contributed by atoms with E-state index in [4.69, 9.17) is 5.73 Å². The van der Waals surface area contributed by atoms with Crippen molar-refractivity contribution in [2.45, 2.75) is 33.7 Å². The van der Waals surface area contributed by atoms with Crippen LogP contribution in [0.15, 0.2) is 0 Å². The summed E-state index contributed by atoms with van der Waals surface area (Å²) >= 11 is 0. The second kappa shape index (κ2) is 7.54. The number of hydrogen-bond donors (Lipinski definition) is 1. The molecule has 11 heavy (non-hydrogen) atoms. The molecule has 2 N–H and O–H groups in total. The highest BCUT2D eigenvalue weighted by Crippen LogP contribution is 1.98. The number of hydrogen-bond acceptors (Lipinski definition) is 3. The Morgan fingerprint density at radius 2 is 1.73 bits per heavy atom. The predicted octanol–water partition coefficient (Wildman–Crippen LogP) is 1.17. The molecule has 0 fully saturated rings. The normalized spacial score (nSPS) is 11.5. The van der Waals surface area contributed by atoms with E-state index in [1.165, 1.54) is 7.11 Å². The largest absolute Gasteiger partial charge is 0.468 e. The summed E-state index contributed by atoms with van der Waals surface area (Å²) in [6.45, 7) is 7.75. The lowest BCUT2D eigenvalue weighted by molar-refractivity contribution is -0.143. The van der Waals surface area contributed by atoms with Crippen LogP contribution < -0.4 is 5.73 Å². The summed E-state index contributed by atoms with van der Waals surface area (Å²) in [4.78, 5) is 10.6. The first-order chi connectivity index (χ1) is 5.09. The lowest BCUT2D eigenvalue weighted by Gasteiger charge is -2.11. The molecule has 0 aliphatic carbocycles. The fourth-order valence-electron chi connectivity index (χ4n) is 0.408. The zero-order valence-electron chi connectivity index (χ0n) is 8.05. The number of nitrogens with two attached hydrogens (primary N) is 1. The topological polar surface area (TPSA) is 52.3 Å². The van der Waals surface area contributed by atoms with E-state index in [0.717, 1.165) is 0 Å². The molecule has 3 heteroatoms. The summed E-state index contributed by atoms with van der Waals surface area (Å²) in [7, 11) is 1.34. The minimum atomic E-state index is -0.477. The molecule has 0 heterocycles. The zero-order chi connectivity index (χ0) is 9.44. The van der Waals surface area contributed by atoms with Crippen molar-refractivity contribution in [1.82, 2.24) is 0 Å². The Kier molecular flexibility index (Phi) is 8.94. The van der Waals surface area contributed by atoms with Crippen LogP contribution in [0, 0.1) is 5.92 Å². The maximum atomic E-state index is 10.6. The molecule has 0 aromatic carbocycles. The van der Waals surface area contributed by atoms with Crippen LogP contribution >= 0.6 is 0 Å². The highest BCUT2D eigenvalue weighted by molar-refractivity contribution is 5.75. The molecule has 0 aliphatic rings. The summed E-state index contributed by atoms with van der Waals surface area (Å²) < 4.78 is 4.41. The smallest absolute Gasteiger partial charge is 0.322 e. The van der Waals surface area contributed by atoms with Gasteiger partial charge in [0, 0.05) is 0 Å². The molecule has 1 atom stereocenters. The van der Waals surface area contributed by atoms with Gasteiger partial charge < -0.3 is 10.5 Å². The van der Waals surface area contributed by atoms with E-state index in [0.29, 0.717) is 0 Å². The van der Waals surface area contributed by atoms with Crippen molar-refractivity contribution < 1.29 is 9.53 Å². The third-order valence-corrected chi connectivity index (χ3v) is 1.19. The molecule has 3 nitrogen and oxygen atoms in total. The molecule has 0 aromatic rings. The van der Waals surface area contributed by atoms with Crippen molar-refractivity contribution in [2.75, 3.05) is 7.11 Å². The zero-order valence-corrected chi connectivity index (χ0v) is 8.05. The minimum absolute atomic E-state index is 0.150. The molecular weight excluding hydrogens is 142 g/mol. The highest BCUT2D eigenvalue weighted by atomic mass is 16.5. The molecule has 0 bridgehead atoms. The van der Waals surface area contributed by atoms with Gasteiger partial charge in [-0.1, -0.05) is 27.7 Å².